The molecule has 1 aromatic heterocycles. The molecular formula is C23H21ClN4O. The average Bonchev–Trinajstić information content (AvgIpc) is 2.70. The minimum atomic E-state index is -0.464. The van der Waals surface area contributed by atoms with Crippen LogP contribution in [0.2, 0.25) is 5.15 Å². The van der Waals surface area contributed by atoms with Gasteiger partial charge in [0.2, 0.25) is 0 Å². The Morgan fingerprint density at radius 2 is 2.07 bits per heavy atom. The zero-order valence-electron chi connectivity index (χ0n) is 16.4. The highest BCUT2D eigenvalue weighted by Gasteiger charge is 2.41. The summed E-state index contributed by atoms with van der Waals surface area (Å²) in [5.41, 5.74) is 12.0. The lowest BCUT2D eigenvalue weighted by atomic mass is 9.74. The fourth-order valence-electron chi connectivity index (χ4n) is 4.29. The topological polar surface area (TPSA) is 83.0 Å². The van der Waals surface area contributed by atoms with Gasteiger partial charge in [-0.1, -0.05) is 35.4 Å². The van der Waals surface area contributed by atoms with E-state index in [0.717, 1.165) is 28.8 Å². The molecule has 29 heavy (non-hydrogen) atoms. The number of hydrogen-bond acceptors (Lipinski definition) is 5. The Bertz CT molecular complexity index is 1130. The third-order valence-corrected chi connectivity index (χ3v) is 5.93. The molecule has 5 nitrogen and oxygen atoms in total. The first kappa shape index (κ1) is 19.2. The van der Waals surface area contributed by atoms with Gasteiger partial charge >= 0.3 is 0 Å². The predicted molar refractivity (Wildman–Crippen MR) is 113 cm³/mol. The quantitative estimate of drug-likeness (QED) is 0.736. The first-order valence-corrected chi connectivity index (χ1v) is 9.95. The summed E-state index contributed by atoms with van der Waals surface area (Å²) < 4.78 is 0. The Kier molecular flexibility index (Phi) is 4.89. The molecule has 1 unspecified atom stereocenters. The predicted octanol–water partition coefficient (Wildman–Crippen LogP) is 4.66. The Labute approximate surface area is 175 Å². The van der Waals surface area contributed by atoms with E-state index in [9.17, 15) is 10.1 Å². The number of pyridine rings is 1. The number of carbonyl (C=O) groups is 1. The number of nitrogens with two attached hydrogens (primary N) is 1. The van der Waals surface area contributed by atoms with E-state index in [1.54, 1.807) is 23.2 Å². The molecule has 146 valence electrons. The zero-order valence-corrected chi connectivity index (χ0v) is 17.1. The molecule has 0 saturated carbocycles. The van der Waals surface area contributed by atoms with Crippen LogP contribution in [0.3, 0.4) is 0 Å². The van der Waals surface area contributed by atoms with Crippen LogP contribution >= 0.6 is 11.6 Å². The molecule has 1 aliphatic carbocycles. The van der Waals surface area contributed by atoms with E-state index in [-0.39, 0.29) is 10.9 Å². The molecule has 0 bridgehead atoms. The number of aromatic nitrogens is 1. The van der Waals surface area contributed by atoms with E-state index < -0.39 is 5.92 Å². The first-order valence-electron chi connectivity index (χ1n) is 9.57. The number of rotatable bonds is 2. The van der Waals surface area contributed by atoms with Gasteiger partial charge in [-0.25, -0.2) is 4.98 Å². The maximum absolute atomic E-state index is 13.1. The van der Waals surface area contributed by atoms with Crippen LogP contribution in [0.5, 0.6) is 0 Å². The van der Waals surface area contributed by atoms with Gasteiger partial charge in [-0.05, 0) is 49.9 Å². The Morgan fingerprint density at radius 1 is 1.28 bits per heavy atom. The lowest BCUT2D eigenvalue weighted by Crippen LogP contribution is -2.39. The number of nitrogens with zero attached hydrogens (tertiary/aromatic N) is 3. The van der Waals surface area contributed by atoms with Crippen molar-refractivity contribution >= 4 is 23.1 Å². The van der Waals surface area contributed by atoms with Crippen LogP contribution in [0.1, 0.15) is 41.9 Å². The van der Waals surface area contributed by atoms with Crippen LogP contribution in [0.15, 0.2) is 59.2 Å². The maximum Gasteiger partial charge on any atom is 0.161 e. The molecular weight excluding hydrogens is 384 g/mol. The first-order chi connectivity index (χ1) is 13.9. The number of halogens is 1. The number of ketones is 1. The summed E-state index contributed by atoms with van der Waals surface area (Å²) in [4.78, 5) is 19.0. The summed E-state index contributed by atoms with van der Waals surface area (Å²) in [6.07, 6.45) is 3.49. The van der Waals surface area contributed by atoms with E-state index >= 15 is 0 Å². The number of Topliss-reactive ketones (excluding diaryl/α,β-unsaturated/α-hetero) is 1. The highest BCUT2D eigenvalue weighted by Crippen LogP contribution is 2.47. The highest BCUT2D eigenvalue weighted by atomic mass is 35.5. The molecule has 2 heterocycles. The average molecular weight is 405 g/mol. The van der Waals surface area contributed by atoms with Gasteiger partial charge in [-0.15, -0.1) is 0 Å². The van der Waals surface area contributed by atoms with Gasteiger partial charge in [0.05, 0.1) is 23.2 Å². The van der Waals surface area contributed by atoms with Crippen molar-refractivity contribution in [2.75, 3.05) is 4.90 Å². The molecule has 1 aliphatic heterocycles. The SMILES string of the molecule is Cc1ccc(C)c(C2C(C#N)=C(N)N(c3cccnc3Cl)C3=C2C(=O)CCC3)c1. The Hall–Kier alpha value is -3.10. The fourth-order valence-corrected chi connectivity index (χ4v) is 4.49. The van der Waals surface area contributed by atoms with Crippen LogP contribution in [-0.4, -0.2) is 10.8 Å². The monoisotopic (exact) mass is 404 g/mol. The van der Waals surface area contributed by atoms with Crippen molar-refractivity contribution in [3.8, 4) is 6.07 Å². The Balaban J connectivity index is 2.03. The van der Waals surface area contributed by atoms with Gasteiger partial charge in [-0.2, -0.15) is 5.26 Å². The number of aryl methyl sites for hydroxylation is 2. The molecule has 1 atom stereocenters. The van der Waals surface area contributed by atoms with Crippen molar-refractivity contribution in [2.24, 2.45) is 5.73 Å². The Morgan fingerprint density at radius 3 is 2.79 bits per heavy atom. The van der Waals surface area contributed by atoms with Crippen molar-refractivity contribution in [2.45, 2.75) is 39.0 Å². The second kappa shape index (κ2) is 7.38. The molecule has 0 fully saturated rings. The summed E-state index contributed by atoms with van der Waals surface area (Å²) in [5, 5.41) is 10.3. The zero-order chi connectivity index (χ0) is 20.7. The molecule has 2 N–H and O–H groups in total. The smallest absolute Gasteiger partial charge is 0.161 e. The van der Waals surface area contributed by atoms with Crippen molar-refractivity contribution in [3.05, 3.63) is 81.0 Å². The van der Waals surface area contributed by atoms with Gasteiger partial charge in [0.1, 0.15) is 5.82 Å². The van der Waals surface area contributed by atoms with Crippen molar-refractivity contribution in [1.82, 2.24) is 4.98 Å². The van der Waals surface area contributed by atoms with Crippen LogP contribution in [-0.2, 0) is 4.79 Å². The fraction of sp³-hybridized carbons (Fsp3) is 0.261. The summed E-state index contributed by atoms with van der Waals surface area (Å²) >= 11 is 6.36. The second-order valence-corrected chi connectivity index (χ2v) is 7.85. The summed E-state index contributed by atoms with van der Waals surface area (Å²) in [7, 11) is 0. The van der Waals surface area contributed by atoms with Gasteiger partial charge < -0.3 is 5.73 Å². The van der Waals surface area contributed by atoms with Crippen molar-refractivity contribution in [3.63, 3.8) is 0 Å². The summed E-state index contributed by atoms with van der Waals surface area (Å²) in [6, 6.07) is 12.0. The molecule has 0 saturated heterocycles. The van der Waals surface area contributed by atoms with Crippen LogP contribution in [0, 0.1) is 25.2 Å². The molecule has 1 aromatic carbocycles. The van der Waals surface area contributed by atoms with E-state index in [1.165, 1.54) is 0 Å². The lowest BCUT2D eigenvalue weighted by molar-refractivity contribution is -0.116. The largest absolute Gasteiger partial charge is 0.384 e. The minimum Gasteiger partial charge on any atom is -0.384 e. The molecule has 4 rings (SSSR count). The highest BCUT2D eigenvalue weighted by molar-refractivity contribution is 6.32. The lowest BCUT2D eigenvalue weighted by Gasteiger charge is -2.40. The van der Waals surface area contributed by atoms with Gasteiger partial charge in [-0.3, -0.25) is 9.69 Å². The third-order valence-electron chi connectivity index (χ3n) is 5.64. The number of nitriles is 1. The van der Waals surface area contributed by atoms with Crippen molar-refractivity contribution in [1.29, 1.82) is 5.26 Å². The second-order valence-electron chi connectivity index (χ2n) is 7.49. The standard InChI is InChI=1S/C23H21ClN4O/c1-13-8-9-14(2)15(11-13)20-16(12-25)23(26)28(18-6-4-10-27-22(18)24)17-5-3-7-19(29)21(17)20/h4,6,8-11,20H,3,5,7,26H2,1-2H3. The number of allylic oxidation sites excluding steroid dienone is 3. The minimum absolute atomic E-state index is 0.0578. The maximum atomic E-state index is 13.1. The number of hydrogen-bond donors (Lipinski definition) is 1. The molecule has 0 spiro atoms. The van der Waals surface area contributed by atoms with E-state index in [0.29, 0.717) is 35.5 Å². The summed E-state index contributed by atoms with van der Waals surface area (Å²) in [5.74, 6) is -0.0985. The van der Waals surface area contributed by atoms with Gasteiger partial charge in [0.25, 0.3) is 0 Å². The number of benzene rings is 1. The number of anilines is 1. The molecule has 6 heteroatoms. The van der Waals surface area contributed by atoms with E-state index in [2.05, 4.69) is 11.1 Å². The van der Waals surface area contributed by atoms with Crippen LogP contribution in [0.25, 0.3) is 0 Å². The van der Waals surface area contributed by atoms with Gasteiger partial charge in [0.15, 0.2) is 10.9 Å². The van der Waals surface area contributed by atoms with Crippen molar-refractivity contribution < 1.29 is 4.79 Å². The molecule has 2 aromatic rings. The van der Waals surface area contributed by atoms with Crippen LogP contribution in [0.4, 0.5) is 5.69 Å². The normalized spacial score (nSPS) is 19.3. The number of carbonyl (C=O) groups excluding carboxylic acids is 1. The molecule has 0 radical (unpaired) electrons. The summed E-state index contributed by atoms with van der Waals surface area (Å²) in [6.45, 7) is 4.00. The molecule has 2 aliphatic rings. The van der Waals surface area contributed by atoms with Crippen LogP contribution < -0.4 is 10.6 Å². The van der Waals surface area contributed by atoms with Gasteiger partial charge in [0, 0.05) is 23.9 Å². The van der Waals surface area contributed by atoms with E-state index in [1.807, 2.05) is 32.0 Å². The van der Waals surface area contributed by atoms with E-state index in [4.69, 9.17) is 17.3 Å². The molecule has 0 amide bonds. The third kappa shape index (κ3) is 3.10.